The zero-order chi connectivity index (χ0) is 26.5. The number of piperidine rings is 1. The molecule has 2 bridgehead atoms. The molecule has 0 aromatic heterocycles. The molecule has 202 valence electrons. The number of nitrogens with zero attached hydrogens (tertiary/aromatic N) is 2. The number of fused-ring (bicyclic) bond motifs is 1. The zero-order valence-corrected chi connectivity index (χ0v) is 22.5. The van der Waals surface area contributed by atoms with Crippen molar-refractivity contribution in [1.29, 1.82) is 0 Å². The molecule has 6 heteroatoms. The topological polar surface area (TPSA) is 73.2 Å². The van der Waals surface area contributed by atoms with Crippen LogP contribution in [0.4, 0.5) is 0 Å². The third kappa shape index (κ3) is 3.19. The van der Waals surface area contributed by atoms with Crippen LogP contribution in [0.3, 0.4) is 0 Å². The molecule has 3 aliphatic carbocycles. The smallest absolute Gasteiger partial charge is 0.227 e. The molecule has 5 atom stereocenters. The minimum Gasteiger partial charge on any atom is -0.504 e. The Hall–Kier alpha value is -3.09. The van der Waals surface area contributed by atoms with Crippen molar-refractivity contribution in [2.75, 3.05) is 20.1 Å². The summed E-state index contributed by atoms with van der Waals surface area (Å²) in [6, 6.07) is 18.0. The van der Waals surface area contributed by atoms with Gasteiger partial charge in [0, 0.05) is 25.2 Å². The van der Waals surface area contributed by atoms with Gasteiger partial charge >= 0.3 is 0 Å². The van der Waals surface area contributed by atoms with Gasteiger partial charge in [-0.3, -0.25) is 9.69 Å². The van der Waals surface area contributed by atoms with Crippen molar-refractivity contribution < 1.29 is 19.7 Å². The molecule has 39 heavy (non-hydrogen) atoms. The van der Waals surface area contributed by atoms with Crippen LogP contribution < -0.4 is 4.74 Å². The van der Waals surface area contributed by atoms with Gasteiger partial charge in [-0.2, -0.15) is 0 Å². The fourth-order valence-corrected chi connectivity index (χ4v) is 8.77. The number of phenols is 1. The molecule has 2 N–H and O–H groups in total. The van der Waals surface area contributed by atoms with E-state index >= 15 is 0 Å². The minimum absolute atomic E-state index is 0.0404. The number of benzene rings is 3. The van der Waals surface area contributed by atoms with Crippen molar-refractivity contribution >= 4 is 16.7 Å². The lowest BCUT2D eigenvalue weighted by molar-refractivity contribution is -0.200. The molecule has 5 aliphatic rings. The zero-order valence-electron chi connectivity index (χ0n) is 22.5. The lowest BCUT2D eigenvalue weighted by atomic mass is 9.48. The number of carbonyl (C=O) groups excluding carboxylic acids is 1. The molecule has 1 amide bonds. The SMILES string of the molecule is CN(C(=O)Cc1cccc2ccccc12)[C@H]1CC[C@@]2(O)[C@H]3Cc4ccc(O)c5c4[C@@]2(CCN3CC2CC2)[C@H]1O5. The predicted molar refractivity (Wildman–Crippen MR) is 149 cm³/mol. The summed E-state index contributed by atoms with van der Waals surface area (Å²) >= 11 is 0. The van der Waals surface area contributed by atoms with Crippen LogP contribution in [0.15, 0.2) is 54.6 Å². The summed E-state index contributed by atoms with van der Waals surface area (Å²) in [6.45, 7) is 1.97. The van der Waals surface area contributed by atoms with E-state index < -0.39 is 11.0 Å². The number of likely N-dealkylation sites (tertiary alicyclic amines) is 1. The Bertz CT molecular complexity index is 1500. The Morgan fingerprint density at radius 3 is 2.74 bits per heavy atom. The van der Waals surface area contributed by atoms with E-state index in [1.165, 1.54) is 18.4 Å². The Morgan fingerprint density at radius 1 is 1.08 bits per heavy atom. The Balaban J connectivity index is 1.16. The number of amides is 1. The molecule has 1 spiro atoms. The summed E-state index contributed by atoms with van der Waals surface area (Å²) in [5.74, 6) is 1.49. The van der Waals surface area contributed by atoms with Gasteiger partial charge in [-0.05, 0) is 79.0 Å². The highest BCUT2D eigenvalue weighted by Gasteiger charge is 2.73. The molecule has 2 heterocycles. The van der Waals surface area contributed by atoms with Crippen LogP contribution in [0.25, 0.3) is 10.8 Å². The molecule has 3 aromatic rings. The van der Waals surface area contributed by atoms with Crippen LogP contribution in [-0.2, 0) is 23.1 Å². The Morgan fingerprint density at radius 2 is 1.90 bits per heavy atom. The molecule has 3 fully saturated rings. The van der Waals surface area contributed by atoms with Crippen molar-refractivity contribution in [3.8, 4) is 11.5 Å². The summed E-state index contributed by atoms with van der Waals surface area (Å²) in [5.41, 5.74) is 1.67. The monoisotopic (exact) mass is 524 g/mol. The molecular weight excluding hydrogens is 488 g/mol. The van der Waals surface area contributed by atoms with Crippen molar-refractivity contribution in [3.05, 3.63) is 71.3 Å². The van der Waals surface area contributed by atoms with Crippen LogP contribution >= 0.6 is 0 Å². The summed E-state index contributed by atoms with van der Waals surface area (Å²) < 4.78 is 6.69. The van der Waals surface area contributed by atoms with Crippen molar-refractivity contribution in [3.63, 3.8) is 0 Å². The first-order chi connectivity index (χ1) is 18.9. The molecule has 3 aromatic carbocycles. The van der Waals surface area contributed by atoms with E-state index in [1.54, 1.807) is 6.07 Å². The van der Waals surface area contributed by atoms with Gasteiger partial charge in [0.1, 0.15) is 6.10 Å². The van der Waals surface area contributed by atoms with E-state index in [1.807, 2.05) is 42.3 Å². The van der Waals surface area contributed by atoms with Crippen LogP contribution in [0.5, 0.6) is 11.5 Å². The van der Waals surface area contributed by atoms with E-state index in [4.69, 9.17) is 4.74 Å². The molecule has 2 saturated carbocycles. The van der Waals surface area contributed by atoms with Crippen molar-refractivity contribution in [1.82, 2.24) is 9.80 Å². The van der Waals surface area contributed by atoms with E-state index in [2.05, 4.69) is 23.1 Å². The van der Waals surface area contributed by atoms with Gasteiger partial charge in [-0.1, -0.05) is 48.5 Å². The highest BCUT2D eigenvalue weighted by molar-refractivity contribution is 5.90. The van der Waals surface area contributed by atoms with Crippen molar-refractivity contribution in [2.24, 2.45) is 5.92 Å². The number of phenolic OH excluding ortho intramolecular Hbond substituents is 1. The van der Waals surface area contributed by atoms with E-state index in [9.17, 15) is 15.0 Å². The summed E-state index contributed by atoms with van der Waals surface area (Å²) in [6.07, 6.45) is 5.39. The molecule has 6 nitrogen and oxygen atoms in total. The van der Waals surface area contributed by atoms with Crippen LogP contribution in [0.2, 0.25) is 0 Å². The fourth-order valence-electron chi connectivity index (χ4n) is 8.77. The maximum atomic E-state index is 13.8. The number of ether oxygens (including phenoxy) is 1. The molecule has 0 radical (unpaired) electrons. The number of carbonyl (C=O) groups is 1. The number of aromatic hydroxyl groups is 1. The lowest BCUT2D eigenvalue weighted by Crippen LogP contribution is -2.78. The summed E-state index contributed by atoms with van der Waals surface area (Å²) in [4.78, 5) is 18.3. The quantitative estimate of drug-likeness (QED) is 0.524. The van der Waals surface area contributed by atoms with Crippen LogP contribution in [0.1, 0.15) is 48.8 Å². The van der Waals surface area contributed by atoms with Crippen LogP contribution in [-0.4, -0.2) is 69.8 Å². The fraction of sp³-hybridized carbons (Fsp3) is 0.485. The van der Waals surface area contributed by atoms with Crippen LogP contribution in [0, 0.1) is 5.92 Å². The maximum absolute atomic E-state index is 13.8. The van der Waals surface area contributed by atoms with Gasteiger partial charge < -0.3 is 19.8 Å². The number of aliphatic hydroxyl groups is 1. The third-order valence-corrected chi connectivity index (χ3v) is 10.8. The highest BCUT2D eigenvalue weighted by Crippen LogP contribution is 2.66. The largest absolute Gasteiger partial charge is 0.504 e. The van der Waals surface area contributed by atoms with Gasteiger partial charge in [0.05, 0.1) is 23.5 Å². The van der Waals surface area contributed by atoms with E-state index in [0.29, 0.717) is 25.0 Å². The first kappa shape index (κ1) is 23.8. The number of likely N-dealkylation sites (N-methyl/N-ethyl adjacent to an activating group) is 1. The van der Waals surface area contributed by atoms with Gasteiger partial charge in [-0.15, -0.1) is 0 Å². The van der Waals surface area contributed by atoms with Gasteiger partial charge in [0.2, 0.25) is 5.91 Å². The first-order valence-corrected chi connectivity index (χ1v) is 14.6. The molecule has 2 aliphatic heterocycles. The van der Waals surface area contributed by atoms with Gasteiger partial charge in [-0.25, -0.2) is 0 Å². The van der Waals surface area contributed by atoms with Crippen molar-refractivity contribution in [2.45, 2.75) is 74.1 Å². The van der Waals surface area contributed by atoms with E-state index in [0.717, 1.165) is 53.7 Å². The van der Waals surface area contributed by atoms with E-state index in [-0.39, 0.29) is 29.8 Å². The second kappa shape index (κ2) is 8.21. The molecule has 8 rings (SSSR count). The normalized spacial score (nSPS) is 32.5. The first-order valence-electron chi connectivity index (χ1n) is 14.6. The minimum atomic E-state index is -0.938. The third-order valence-electron chi connectivity index (χ3n) is 10.8. The summed E-state index contributed by atoms with van der Waals surface area (Å²) in [5, 5.41) is 25.8. The number of hydrogen-bond acceptors (Lipinski definition) is 5. The number of rotatable bonds is 5. The standard InChI is InChI=1S/C33H36N2O4/c1-34(28(37)18-22-7-4-6-21-5-2-3-8-24(21)22)25-13-14-33(38)27-17-23-11-12-26(36)30-29(23)32(33,31(25)39-30)15-16-35(27)19-20-9-10-20/h2-8,11-12,20,25,27,31,36,38H,9-10,13-19H2,1H3/t25-,27+,31-,32-,33+/m0/s1. The highest BCUT2D eigenvalue weighted by atomic mass is 16.5. The average molecular weight is 525 g/mol. The second-order valence-corrected chi connectivity index (χ2v) is 12.7. The lowest BCUT2D eigenvalue weighted by Gasteiger charge is -2.64. The number of hydrogen-bond donors (Lipinski definition) is 2. The molecule has 0 unspecified atom stereocenters. The Labute approximate surface area is 229 Å². The average Bonchev–Trinajstić information content (AvgIpc) is 3.68. The van der Waals surface area contributed by atoms with Gasteiger partial charge in [0.25, 0.3) is 0 Å². The maximum Gasteiger partial charge on any atom is 0.227 e. The second-order valence-electron chi connectivity index (χ2n) is 12.7. The summed E-state index contributed by atoms with van der Waals surface area (Å²) in [7, 11) is 1.90. The molecule has 1 saturated heterocycles. The molecular formula is C33H36N2O4. The predicted octanol–water partition coefficient (Wildman–Crippen LogP) is 4.18. The Kier molecular flexibility index (Phi) is 5.01. The van der Waals surface area contributed by atoms with Gasteiger partial charge in [0.15, 0.2) is 11.5 Å².